The minimum absolute atomic E-state index is 0.211. The van der Waals surface area contributed by atoms with Crippen molar-refractivity contribution in [2.24, 2.45) is 5.92 Å². The van der Waals surface area contributed by atoms with Crippen molar-refractivity contribution in [2.75, 3.05) is 13.7 Å². The van der Waals surface area contributed by atoms with Gasteiger partial charge in [0.25, 0.3) is 0 Å². The molecule has 0 N–H and O–H groups in total. The summed E-state index contributed by atoms with van der Waals surface area (Å²) >= 11 is 0. The summed E-state index contributed by atoms with van der Waals surface area (Å²) in [6.07, 6.45) is 4.34. The molecule has 1 rings (SSSR count). The summed E-state index contributed by atoms with van der Waals surface area (Å²) < 4.78 is 10.1. The van der Waals surface area contributed by atoms with Gasteiger partial charge in [-0.15, -0.1) is 0 Å². The standard InChI is InChI=1S/C11H18O3/c1-8(11(12)13-3)7-10-5-4-6-14-9(10)2/h7,9-10H,4-6H2,1-3H3/t9-,10-/m1/s1. The van der Waals surface area contributed by atoms with Crippen LogP contribution in [0.25, 0.3) is 0 Å². The highest BCUT2D eigenvalue weighted by Gasteiger charge is 2.20. The molecule has 1 saturated heterocycles. The average Bonchev–Trinajstić information content (AvgIpc) is 2.20. The molecular weight excluding hydrogens is 180 g/mol. The highest BCUT2D eigenvalue weighted by Crippen LogP contribution is 2.23. The Bertz CT molecular complexity index is 233. The molecule has 0 bridgehead atoms. The predicted molar refractivity (Wildman–Crippen MR) is 53.9 cm³/mol. The molecule has 0 aromatic carbocycles. The van der Waals surface area contributed by atoms with Gasteiger partial charge < -0.3 is 9.47 Å². The third kappa shape index (κ3) is 2.84. The lowest BCUT2D eigenvalue weighted by Crippen LogP contribution is -2.25. The summed E-state index contributed by atoms with van der Waals surface area (Å²) in [4.78, 5) is 11.2. The fraction of sp³-hybridized carbons (Fsp3) is 0.727. The molecule has 1 aliphatic heterocycles. The molecule has 0 aromatic rings. The number of rotatable bonds is 2. The van der Waals surface area contributed by atoms with Gasteiger partial charge in [0.15, 0.2) is 0 Å². The second-order valence-electron chi connectivity index (χ2n) is 3.72. The van der Waals surface area contributed by atoms with E-state index in [1.54, 1.807) is 6.92 Å². The van der Waals surface area contributed by atoms with E-state index in [0.717, 1.165) is 19.4 Å². The van der Waals surface area contributed by atoms with Crippen LogP contribution in [0.1, 0.15) is 26.7 Å². The number of hydrogen-bond donors (Lipinski definition) is 0. The van der Waals surface area contributed by atoms with Crippen LogP contribution in [0.5, 0.6) is 0 Å². The van der Waals surface area contributed by atoms with Gasteiger partial charge in [0.1, 0.15) is 0 Å². The van der Waals surface area contributed by atoms with Gasteiger partial charge in [-0.1, -0.05) is 6.08 Å². The van der Waals surface area contributed by atoms with E-state index >= 15 is 0 Å². The summed E-state index contributed by atoms with van der Waals surface area (Å²) in [6, 6.07) is 0. The first kappa shape index (κ1) is 11.2. The van der Waals surface area contributed by atoms with E-state index in [-0.39, 0.29) is 12.1 Å². The van der Waals surface area contributed by atoms with Gasteiger partial charge in [-0.25, -0.2) is 4.79 Å². The van der Waals surface area contributed by atoms with Crippen molar-refractivity contribution in [3.05, 3.63) is 11.6 Å². The first-order valence-electron chi connectivity index (χ1n) is 5.03. The molecule has 0 saturated carbocycles. The van der Waals surface area contributed by atoms with E-state index < -0.39 is 0 Å². The van der Waals surface area contributed by atoms with Crippen molar-refractivity contribution in [2.45, 2.75) is 32.8 Å². The molecule has 0 unspecified atom stereocenters. The number of carbonyl (C=O) groups excluding carboxylic acids is 1. The Labute approximate surface area is 85.1 Å². The molecule has 2 atom stereocenters. The molecule has 1 heterocycles. The Morgan fingerprint density at radius 2 is 2.29 bits per heavy atom. The third-order valence-corrected chi connectivity index (χ3v) is 2.64. The van der Waals surface area contributed by atoms with E-state index in [1.807, 2.05) is 13.0 Å². The number of esters is 1. The molecule has 1 fully saturated rings. The Morgan fingerprint density at radius 1 is 1.57 bits per heavy atom. The van der Waals surface area contributed by atoms with E-state index in [0.29, 0.717) is 11.5 Å². The van der Waals surface area contributed by atoms with Crippen molar-refractivity contribution in [1.82, 2.24) is 0 Å². The maximum absolute atomic E-state index is 11.2. The summed E-state index contributed by atoms with van der Waals surface area (Å²) in [5, 5.41) is 0. The number of ether oxygens (including phenoxy) is 2. The Kier molecular flexibility index (Phi) is 4.14. The largest absolute Gasteiger partial charge is 0.466 e. The predicted octanol–water partition coefficient (Wildman–Crippen LogP) is 1.92. The quantitative estimate of drug-likeness (QED) is 0.502. The summed E-state index contributed by atoms with van der Waals surface area (Å²) in [5.41, 5.74) is 0.676. The van der Waals surface area contributed by atoms with Crippen molar-refractivity contribution < 1.29 is 14.3 Å². The summed E-state index contributed by atoms with van der Waals surface area (Å²) in [7, 11) is 1.40. The molecule has 0 aliphatic carbocycles. The van der Waals surface area contributed by atoms with Crippen LogP contribution in [-0.4, -0.2) is 25.8 Å². The smallest absolute Gasteiger partial charge is 0.333 e. The Morgan fingerprint density at radius 3 is 2.86 bits per heavy atom. The van der Waals surface area contributed by atoms with E-state index in [9.17, 15) is 4.79 Å². The lowest BCUT2D eigenvalue weighted by atomic mass is 9.93. The molecule has 3 heteroatoms. The highest BCUT2D eigenvalue weighted by atomic mass is 16.5. The summed E-state index contributed by atoms with van der Waals surface area (Å²) in [6.45, 7) is 4.67. The summed E-state index contributed by atoms with van der Waals surface area (Å²) in [5.74, 6) is 0.102. The highest BCUT2D eigenvalue weighted by molar-refractivity contribution is 5.87. The molecular formula is C11H18O3. The van der Waals surface area contributed by atoms with Crippen LogP contribution in [0.4, 0.5) is 0 Å². The molecule has 1 aliphatic rings. The number of hydrogen-bond acceptors (Lipinski definition) is 3. The van der Waals surface area contributed by atoms with E-state index in [1.165, 1.54) is 7.11 Å². The molecule has 3 nitrogen and oxygen atoms in total. The van der Waals surface area contributed by atoms with Gasteiger partial charge in [-0.3, -0.25) is 0 Å². The van der Waals surface area contributed by atoms with Crippen LogP contribution < -0.4 is 0 Å². The Hall–Kier alpha value is -0.830. The second-order valence-corrected chi connectivity index (χ2v) is 3.72. The van der Waals surface area contributed by atoms with Crippen LogP contribution in [0.3, 0.4) is 0 Å². The maximum atomic E-state index is 11.2. The van der Waals surface area contributed by atoms with Gasteiger partial charge in [-0.05, 0) is 26.7 Å². The zero-order valence-electron chi connectivity index (χ0n) is 9.08. The molecule has 0 aromatic heterocycles. The van der Waals surface area contributed by atoms with Crippen LogP contribution in [0.15, 0.2) is 11.6 Å². The minimum Gasteiger partial charge on any atom is -0.466 e. The molecule has 0 spiro atoms. The second kappa shape index (κ2) is 5.15. The number of methoxy groups -OCH3 is 1. The van der Waals surface area contributed by atoms with Gasteiger partial charge in [-0.2, -0.15) is 0 Å². The van der Waals surface area contributed by atoms with Crippen molar-refractivity contribution in [1.29, 1.82) is 0 Å². The van der Waals surface area contributed by atoms with Crippen LogP contribution in [0.2, 0.25) is 0 Å². The monoisotopic (exact) mass is 198 g/mol. The average molecular weight is 198 g/mol. The SMILES string of the molecule is COC(=O)C(C)=C[C@H]1CCCO[C@@H]1C. The normalized spacial score (nSPS) is 28.6. The topological polar surface area (TPSA) is 35.5 Å². The van der Waals surface area contributed by atoms with Crippen molar-refractivity contribution in [3.63, 3.8) is 0 Å². The zero-order valence-corrected chi connectivity index (χ0v) is 9.08. The van der Waals surface area contributed by atoms with Crippen LogP contribution in [0, 0.1) is 5.92 Å². The maximum Gasteiger partial charge on any atom is 0.333 e. The first-order valence-corrected chi connectivity index (χ1v) is 5.03. The number of carbonyl (C=O) groups is 1. The Balaban J connectivity index is 2.59. The fourth-order valence-electron chi connectivity index (χ4n) is 1.72. The first-order chi connectivity index (χ1) is 6.65. The zero-order chi connectivity index (χ0) is 10.6. The van der Waals surface area contributed by atoms with Crippen LogP contribution in [-0.2, 0) is 14.3 Å². The molecule has 0 amide bonds. The lowest BCUT2D eigenvalue weighted by molar-refractivity contribution is -0.136. The van der Waals surface area contributed by atoms with Gasteiger partial charge in [0, 0.05) is 18.1 Å². The minimum atomic E-state index is -0.247. The third-order valence-electron chi connectivity index (χ3n) is 2.64. The van der Waals surface area contributed by atoms with Gasteiger partial charge in [0.05, 0.1) is 13.2 Å². The van der Waals surface area contributed by atoms with E-state index in [2.05, 4.69) is 4.74 Å². The lowest BCUT2D eigenvalue weighted by Gasteiger charge is -2.27. The van der Waals surface area contributed by atoms with Crippen molar-refractivity contribution in [3.8, 4) is 0 Å². The van der Waals surface area contributed by atoms with E-state index in [4.69, 9.17) is 4.74 Å². The van der Waals surface area contributed by atoms with Crippen molar-refractivity contribution >= 4 is 5.97 Å². The van der Waals surface area contributed by atoms with Crippen LogP contribution >= 0.6 is 0 Å². The molecule has 14 heavy (non-hydrogen) atoms. The van der Waals surface area contributed by atoms with Gasteiger partial charge >= 0.3 is 5.97 Å². The fourth-order valence-corrected chi connectivity index (χ4v) is 1.72. The molecule has 80 valence electrons. The molecule has 0 radical (unpaired) electrons. The van der Waals surface area contributed by atoms with Gasteiger partial charge in [0.2, 0.25) is 0 Å².